The van der Waals surface area contributed by atoms with Crippen LogP contribution in [0.25, 0.3) is 10.2 Å². The van der Waals surface area contributed by atoms with Crippen molar-refractivity contribution in [3.8, 4) is 0 Å². The summed E-state index contributed by atoms with van der Waals surface area (Å²) in [5.41, 5.74) is 3.85. The van der Waals surface area contributed by atoms with E-state index in [0.29, 0.717) is 4.83 Å². The molecule has 138 valence electrons. The van der Waals surface area contributed by atoms with Crippen LogP contribution in [-0.2, 0) is 11.8 Å². The van der Waals surface area contributed by atoms with Gasteiger partial charge in [-0.3, -0.25) is 0 Å². The molecule has 1 fully saturated rings. The molecule has 0 spiro atoms. The Morgan fingerprint density at radius 2 is 2.08 bits per heavy atom. The number of hydrogen-bond acceptors (Lipinski definition) is 4. The maximum atomic E-state index is 5.81. The molecule has 2 aliphatic rings. The van der Waals surface area contributed by atoms with Crippen LogP contribution in [0.15, 0.2) is 46.1 Å². The molecule has 2 aliphatic carbocycles. The van der Waals surface area contributed by atoms with Crippen LogP contribution in [-0.4, -0.2) is 28.3 Å². The Morgan fingerprint density at radius 1 is 1.27 bits per heavy atom. The molecule has 26 heavy (non-hydrogen) atoms. The average Bonchev–Trinajstić information content (AvgIpc) is 2.97. The number of aromatic nitrogens is 1. The van der Waals surface area contributed by atoms with E-state index in [0.717, 1.165) is 29.8 Å². The van der Waals surface area contributed by atoms with Crippen LogP contribution in [0.4, 0.5) is 0 Å². The van der Waals surface area contributed by atoms with Crippen molar-refractivity contribution >= 4 is 43.2 Å². The van der Waals surface area contributed by atoms with Gasteiger partial charge in [-0.25, -0.2) is 0 Å². The molecule has 4 nitrogen and oxygen atoms in total. The van der Waals surface area contributed by atoms with Gasteiger partial charge in [-0.1, -0.05) is 46.3 Å². The minimum atomic E-state index is 0.125. The summed E-state index contributed by atoms with van der Waals surface area (Å²) < 4.78 is 9.15. The summed E-state index contributed by atoms with van der Waals surface area (Å²) in [4.78, 5) is 1.30. The summed E-state index contributed by atoms with van der Waals surface area (Å²) in [7, 11) is 3.85. The van der Waals surface area contributed by atoms with E-state index in [1.54, 1.807) is 18.4 Å². The number of rotatable bonds is 2. The van der Waals surface area contributed by atoms with Gasteiger partial charge in [-0.2, -0.15) is 5.10 Å². The van der Waals surface area contributed by atoms with E-state index in [2.05, 4.69) is 68.0 Å². The van der Waals surface area contributed by atoms with E-state index in [9.17, 15) is 0 Å². The van der Waals surface area contributed by atoms with Crippen molar-refractivity contribution < 1.29 is 4.74 Å². The lowest BCUT2D eigenvalue weighted by molar-refractivity contribution is 0.0797. The van der Waals surface area contributed by atoms with Crippen molar-refractivity contribution in [1.29, 1.82) is 0 Å². The van der Waals surface area contributed by atoms with Gasteiger partial charge in [0.25, 0.3) is 0 Å². The van der Waals surface area contributed by atoms with Crippen LogP contribution in [0.1, 0.15) is 32.6 Å². The first-order valence-electron chi connectivity index (χ1n) is 9.06. The zero-order chi connectivity index (χ0) is 18.3. The predicted molar refractivity (Wildman–Crippen MR) is 112 cm³/mol. The van der Waals surface area contributed by atoms with Crippen LogP contribution in [0.5, 0.6) is 0 Å². The smallest absolute Gasteiger partial charge is 0.211 e. The third-order valence-corrected chi connectivity index (χ3v) is 7.83. The summed E-state index contributed by atoms with van der Waals surface area (Å²) in [6.07, 6.45) is 6.81. The molecule has 0 radical (unpaired) electrons. The summed E-state index contributed by atoms with van der Waals surface area (Å²) in [6, 6.07) is 8.36. The largest absolute Gasteiger partial charge is 0.376 e. The van der Waals surface area contributed by atoms with E-state index in [1.165, 1.54) is 22.2 Å². The second-order valence-electron chi connectivity index (χ2n) is 7.47. The van der Waals surface area contributed by atoms with Crippen LogP contribution in [0.3, 0.4) is 0 Å². The molecule has 1 saturated carbocycles. The second-order valence-corrected chi connectivity index (χ2v) is 9.66. The third-order valence-electron chi connectivity index (χ3n) is 5.79. The highest BCUT2D eigenvalue weighted by Crippen LogP contribution is 2.49. The summed E-state index contributed by atoms with van der Waals surface area (Å²) in [6.45, 7) is 2.36. The Labute approximate surface area is 166 Å². The molecule has 0 aliphatic heterocycles. The molecule has 2 aromatic rings. The Balaban J connectivity index is 1.72. The number of alkyl halides is 1. The zero-order valence-corrected chi connectivity index (χ0v) is 17.8. The number of halogens is 1. The Kier molecular flexibility index (Phi) is 4.92. The van der Waals surface area contributed by atoms with Crippen LogP contribution in [0.2, 0.25) is 0 Å². The fourth-order valence-electron chi connectivity index (χ4n) is 4.11. The van der Waals surface area contributed by atoms with E-state index >= 15 is 0 Å². The summed E-state index contributed by atoms with van der Waals surface area (Å²) >= 11 is 5.47. The third kappa shape index (κ3) is 3.12. The van der Waals surface area contributed by atoms with Crippen molar-refractivity contribution in [3.63, 3.8) is 0 Å². The van der Waals surface area contributed by atoms with Crippen molar-refractivity contribution in [2.75, 3.05) is 7.11 Å². The summed E-state index contributed by atoms with van der Waals surface area (Å²) in [5, 5.41) is 9.18. The lowest BCUT2D eigenvalue weighted by Crippen LogP contribution is -2.42. The first-order valence-corrected chi connectivity index (χ1v) is 10.8. The predicted octanol–water partition coefficient (Wildman–Crippen LogP) is 4.80. The van der Waals surface area contributed by atoms with Gasteiger partial charge in [-0.15, -0.1) is 5.10 Å². The zero-order valence-electron chi connectivity index (χ0n) is 15.4. The maximum Gasteiger partial charge on any atom is 0.211 e. The number of thiazole rings is 1. The van der Waals surface area contributed by atoms with Gasteiger partial charge in [0.05, 0.1) is 22.0 Å². The number of methoxy groups -OCH3 is 1. The molecule has 1 heterocycles. The number of nitrogens with zero attached hydrogens (tertiary/aromatic N) is 3. The molecule has 1 aromatic heterocycles. The molecule has 1 aromatic carbocycles. The SMILES string of the molecule is COC1C2=C/C(=N/N=c3/sc4ccccc4n3C)CCC2(C)CCC1Br. The Bertz CT molecular complexity index is 957. The number of ether oxygens (including phenoxy) is 1. The van der Waals surface area contributed by atoms with Crippen LogP contribution >= 0.6 is 27.3 Å². The maximum absolute atomic E-state index is 5.81. The monoisotopic (exact) mass is 433 g/mol. The van der Waals surface area contributed by atoms with Crippen LogP contribution < -0.4 is 4.80 Å². The van der Waals surface area contributed by atoms with E-state index in [1.807, 2.05) is 7.05 Å². The van der Waals surface area contributed by atoms with Crippen molar-refractivity contribution in [1.82, 2.24) is 4.57 Å². The normalized spacial score (nSPS) is 31.3. The highest BCUT2D eigenvalue weighted by atomic mass is 79.9. The van der Waals surface area contributed by atoms with Crippen molar-refractivity contribution in [2.45, 2.75) is 43.5 Å². The molecule has 4 rings (SSSR count). The van der Waals surface area contributed by atoms with Gasteiger partial charge in [-0.05, 0) is 54.9 Å². The number of fused-ring (bicyclic) bond motifs is 2. The van der Waals surface area contributed by atoms with E-state index in [-0.39, 0.29) is 11.5 Å². The average molecular weight is 434 g/mol. The number of hydrogen-bond donors (Lipinski definition) is 0. The fraction of sp³-hybridized carbons (Fsp3) is 0.500. The molecule has 6 heteroatoms. The highest BCUT2D eigenvalue weighted by Gasteiger charge is 2.43. The summed E-state index contributed by atoms with van der Waals surface area (Å²) in [5.74, 6) is 0. The lowest BCUT2D eigenvalue weighted by atomic mass is 9.65. The van der Waals surface area contributed by atoms with Gasteiger partial charge in [0.1, 0.15) is 0 Å². The minimum Gasteiger partial charge on any atom is -0.376 e. The number of aryl methyl sites for hydroxylation is 1. The quantitative estimate of drug-likeness (QED) is 0.495. The van der Waals surface area contributed by atoms with Crippen molar-refractivity contribution in [2.24, 2.45) is 22.7 Å². The molecule has 3 unspecified atom stereocenters. The standard InChI is InChI=1S/C20H24BrN3OS/c1-20-10-8-13(12-14(20)18(25-3)15(21)9-11-20)22-23-19-24(2)16-6-4-5-7-17(16)26-19/h4-7,12,15,18H,8-11H2,1-3H3/b22-13+,23-19+. The molecular formula is C20H24BrN3OS. The Morgan fingerprint density at radius 3 is 2.85 bits per heavy atom. The number of allylic oxidation sites excluding steroid dienone is 1. The number of benzene rings is 1. The molecule has 0 saturated heterocycles. The van der Waals surface area contributed by atoms with E-state index in [4.69, 9.17) is 4.74 Å². The first kappa shape index (κ1) is 18.1. The second kappa shape index (κ2) is 7.06. The molecule has 0 amide bonds. The fourth-order valence-corrected chi connectivity index (χ4v) is 5.81. The topological polar surface area (TPSA) is 38.9 Å². The molecule has 0 N–H and O–H groups in total. The highest BCUT2D eigenvalue weighted by molar-refractivity contribution is 9.09. The van der Waals surface area contributed by atoms with Crippen molar-refractivity contribution in [3.05, 3.63) is 40.7 Å². The van der Waals surface area contributed by atoms with Gasteiger partial charge < -0.3 is 9.30 Å². The van der Waals surface area contributed by atoms with Crippen LogP contribution in [0, 0.1) is 5.41 Å². The van der Waals surface area contributed by atoms with Gasteiger partial charge >= 0.3 is 0 Å². The molecule has 3 atom stereocenters. The molecule has 0 bridgehead atoms. The minimum absolute atomic E-state index is 0.125. The first-order chi connectivity index (χ1) is 12.5. The molecular weight excluding hydrogens is 410 g/mol. The van der Waals surface area contributed by atoms with Gasteiger partial charge in [0.15, 0.2) is 0 Å². The van der Waals surface area contributed by atoms with E-state index < -0.39 is 0 Å². The van der Waals surface area contributed by atoms with Gasteiger partial charge in [0.2, 0.25) is 4.80 Å². The lowest BCUT2D eigenvalue weighted by Gasteiger charge is -2.45. The Hall–Kier alpha value is -1.24. The van der Waals surface area contributed by atoms with Gasteiger partial charge in [0, 0.05) is 19.0 Å². The number of para-hydroxylation sites is 1.